The summed E-state index contributed by atoms with van der Waals surface area (Å²) in [7, 11) is 0. The summed E-state index contributed by atoms with van der Waals surface area (Å²) in [5.41, 5.74) is 7.59. The number of carbonyl (C=O) groups excluding carboxylic acids is 2. The minimum atomic E-state index is 0.0665. The molecule has 130 valence electrons. The minimum Gasteiger partial charge on any atom is -0.338 e. The van der Waals surface area contributed by atoms with Crippen molar-refractivity contribution in [3.05, 3.63) is 29.8 Å². The maximum absolute atomic E-state index is 12.7. The third kappa shape index (κ3) is 3.61. The minimum absolute atomic E-state index is 0.0665. The van der Waals surface area contributed by atoms with Crippen molar-refractivity contribution in [1.29, 1.82) is 0 Å². The molecule has 0 aliphatic carbocycles. The van der Waals surface area contributed by atoms with Crippen molar-refractivity contribution >= 4 is 17.5 Å². The molecule has 1 aromatic rings. The number of nitrogens with two attached hydrogens (primary N) is 1. The lowest BCUT2D eigenvalue weighted by Gasteiger charge is -2.34. The van der Waals surface area contributed by atoms with E-state index in [9.17, 15) is 9.59 Å². The Kier molecular flexibility index (Phi) is 5.19. The van der Waals surface area contributed by atoms with E-state index in [0.29, 0.717) is 17.9 Å². The van der Waals surface area contributed by atoms with Gasteiger partial charge >= 0.3 is 0 Å². The second-order valence-corrected chi connectivity index (χ2v) is 7.06. The number of anilines is 1. The smallest absolute Gasteiger partial charge is 0.253 e. The topological polar surface area (TPSA) is 66.6 Å². The first-order valence-electron chi connectivity index (χ1n) is 9.01. The maximum Gasteiger partial charge on any atom is 0.253 e. The van der Waals surface area contributed by atoms with Gasteiger partial charge in [-0.05, 0) is 62.8 Å². The molecule has 0 aromatic heterocycles. The summed E-state index contributed by atoms with van der Waals surface area (Å²) in [5, 5.41) is 0. The average molecular weight is 329 g/mol. The van der Waals surface area contributed by atoms with E-state index in [1.807, 2.05) is 41.0 Å². The van der Waals surface area contributed by atoms with Crippen molar-refractivity contribution in [1.82, 2.24) is 4.90 Å². The van der Waals surface area contributed by atoms with Crippen LogP contribution >= 0.6 is 0 Å². The van der Waals surface area contributed by atoms with Crippen molar-refractivity contribution < 1.29 is 9.59 Å². The number of hydrogen-bond acceptors (Lipinski definition) is 3. The highest BCUT2D eigenvalue weighted by Gasteiger charge is 2.26. The van der Waals surface area contributed by atoms with E-state index in [4.69, 9.17) is 5.73 Å². The summed E-state index contributed by atoms with van der Waals surface area (Å²) in [6.45, 7) is 4.33. The molecule has 0 radical (unpaired) electrons. The summed E-state index contributed by atoms with van der Waals surface area (Å²) >= 11 is 0. The molecule has 2 aliphatic rings. The third-order valence-corrected chi connectivity index (χ3v) is 5.24. The molecule has 0 saturated carbocycles. The van der Waals surface area contributed by atoms with Gasteiger partial charge in [0.1, 0.15) is 0 Å². The molecule has 2 saturated heterocycles. The van der Waals surface area contributed by atoms with E-state index in [1.165, 1.54) is 0 Å². The molecule has 1 aromatic carbocycles. The fourth-order valence-corrected chi connectivity index (χ4v) is 3.67. The standard InChI is InChI=1S/C19H27N3O2/c1-14(20)16-5-4-11-21(13-16)19(24)15-7-9-17(10-8-15)22-12-3-2-6-18(22)23/h7-10,14,16H,2-6,11-13,20H2,1H3. The summed E-state index contributed by atoms with van der Waals surface area (Å²) in [5.74, 6) is 0.626. The number of rotatable bonds is 3. The van der Waals surface area contributed by atoms with Gasteiger partial charge in [-0.2, -0.15) is 0 Å². The Bertz CT molecular complexity index is 597. The molecular weight excluding hydrogens is 302 g/mol. The van der Waals surface area contributed by atoms with Crippen LogP contribution in [-0.2, 0) is 4.79 Å². The number of benzene rings is 1. The molecule has 2 unspecified atom stereocenters. The largest absolute Gasteiger partial charge is 0.338 e. The van der Waals surface area contributed by atoms with Gasteiger partial charge in [0.25, 0.3) is 5.91 Å². The van der Waals surface area contributed by atoms with Gasteiger partial charge in [0.05, 0.1) is 0 Å². The predicted molar refractivity (Wildman–Crippen MR) is 94.9 cm³/mol. The van der Waals surface area contributed by atoms with Crippen LogP contribution in [0.3, 0.4) is 0 Å². The molecule has 0 spiro atoms. The number of hydrogen-bond donors (Lipinski definition) is 1. The Morgan fingerprint density at radius 1 is 1.17 bits per heavy atom. The van der Waals surface area contributed by atoms with Gasteiger partial charge in [0.15, 0.2) is 0 Å². The molecule has 2 atom stereocenters. The maximum atomic E-state index is 12.7. The van der Waals surface area contributed by atoms with E-state index in [1.54, 1.807) is 0 Å². The Labute approximate surface area is 143 Å². The molecular formula is C19H27N3O2. The lowest BCUT2D eigenvalue weighted by molar-refractivity contribution is -0.119. The highest BCUT2D eigenvalue weighted by molar-refractivity contribution is 5.97. The number of amides is 2. The van der Waals surface area contributed by atoms with Crippen molar-refractivity contribution in [3.8, 4) is 0 Å². The lowest BCUT2D eigenvalue weighted by Crippen LogP contribution is -2.45. The molecule has 3 rings (SSSR count). The molecule has 2 aliphatic heterocycles. The lowest BCUT2D eigenvalue weighted by atomic mass is 9.92. The molecule has 2 fully saturated rings. The molecule has 2 N–H and O–H groups in total. The van der Waals surface area contributed by atoms with Crippen LogP contribution in [0.5, 0.6) is 0 Å². The normalized spacial score (nSPS) is 23.2. The SMILES string of the molecule is CC(N)C1CCCN(C(=O)c2ccc(N3CCCCC3=O)cc2)C1. The first-order valence-corrected chi connectivity index (χ1v) is 9.01. The molecule has 5 heteroatoms. The second kappa shape index (κ2) is 7.34. The first-order chi connectivity index (χ1) is 11.6. The molecule has 0 bridgehead atoms. The average Bonchev–Trinajstić information content (AvgIpc) is 2.62. The first kappa shape index (κ1) is 17.0. The van der Waals surface area contributed by atoms with E-state index >= 15 is 0 Å². The number of likely N-dealkylation sites (tertiary alicyclic amines) is 1. The Morgan fingerprint density at radius 2 is 1.92 bits per heavy atom. The van der Waals surface area contributed by atoms with Crippen LogP contribution in [0.15, 0.2) is 24.3 Å². The Morgan fingerprint density at radius 3 is 2.58 bits per heavy atom. The molecule has 2 heterocycles. The van der Waals surface area contributed by atoms with Gasteiger partial charge in [-0.15, -0.1) is 0 Å². The fourth-order valence-electron chi connectivity index (χ4n) is 3.67. The van der Waals surface area contributed by atoms with Crippen LogP contribution in [0, 0.1) is 5.92 Å². The van der Waals surface area contributed by atoms with Crippen molar-refractivity contribution in [2.24, 2.45) is 11.7 Å². The van der Waals surface area contributed by atoms with Gasteiger partial charge in [0, 0.05) is 43.3 Å². The highest BCUT2D eigenvalue weighted by Crippen LogP contribution is 2.24. The number of nitrogens with zero attached hydrogens (tertiary/aromatic N) is 2. The van der Waals surface area contributed by atoms with Crippen molar-refractivity contribution in [2.45, 2.75) is 45.1 Å². The molecule has 24 heavy (non-hydrogen) atoms. The number of piperidine rings is 2. The van der Waals surface area contributed by atoms with Gasteiger partial charge in [-0.25, -0.2) is 0 Å². The van der Waals surface area contributed by atoms with Crippen LogP contribution < -0.4 is 10.6 Å². The second-order valence-electron chi connectivity index (χ2n) is 7.06. The van der Waals surface area contributed by atoms with E-state index < -0.39 is 0 Å². The summed E-state index contributed by atoms with van der Waals surface area (Å²) in [6.07, 6.45) is 4.74. The fraction of sp³-hybridized carbons (Fsp3) is 0.579. The third-order valence-electron chi connectivity index (χ3n) is 5.24. The zero-order chi connectivity index (χ0) is 17.1. The van der Waals surface area contributed by atoms with Gasteiger partial charge < -0.3 is 15.5 Å². The van der Waals surface area contributed by atoms with Crippen LogP contribution in [0.2, 0.25) is 0 Å². The summed E-state index contributed by atoms with van der Waals surface area (Å²) < 4.78 is 0. The van der Waals surface area contributed by atoms with Gasteiger partial charge in [0.2, 0.25) is 5.91 Å². The Balaban J connectivity index is 1.68. The number of carbonyl (C=O) groups is 2. The Hall–Kier alpha value is -1.88. The van der Waals surface area contributed by atoms with Crippen LogP contribution in [0.4, 0.5) is 5.69 Å². The van der Waals surface area contributed by atoms with E-state index in [2.05, 4.69) is 0 Å². The van der Waals surface area contributed by atoms with Gasteiger partial charge in [-0.1, -0.05) is 0 Å². The highest BCUT2D eigenvalue weighted by atomic mass is 16.2. The zero-order valence-electron chi connectivity index (χ0n) is 14.4. The summed E-state index contributed by atoms with van der Waals surface area (Å²) in [4.78, 5) is 28.5. The van der Waals surface area contributed by atoms with E-state index in [-0.39, 0.29) is 17.9 Å². The molecule has 5 nitrogen and oxygen atoms in total. The quantitative estimate of drug-likeness (QED) is 0.926. The molecule has 2 amide bonds. The van der Waals surface area contributed by atoms with Crippen LogP contribution in [0.1, 0.15) is 49.4 Å². The van der Waals surface area contributed by atoms with Crippen LogP contribution in [0.25, 0.3) is 0 Å². The zero-order valence-corrected chi connectivity index (χ0v) is 14.4. The van der Waals surface area contributed by atoms with Crippen molar-refractivity contribution in [3.63, 3.8) is 0 Å². The van der Waals surface area contributed by atoms with Crippen molar-refractivity contribution in [2.75, 3.05) is 24.5 Å². The predicted octanol–water partition coefficient (Wildman–Crippen LogP) is 2.40. The summed E-state index contributed by atoms with van der Waals surface area (Å²) in [6, 6.07) is 7.59. The van der Waals surface area contributed by atoms with E-state index in [0.717, 1.165) is 51.0 Å². The van der Waals surface area contributed by atoms with Gasteiger partial charge in [-0.3, -0.25) is 9.59 Å². The monoisotopic (exact) mass is 329 g/mol. The van der Waals surface area contributed by atoms with Crippen LogP contribution in [-0.4, -0.2) is 42.4 Å².